The number of hydrogen-bond donors (Lipinski definition) is 0. The number of rotatable bonds is 2. The van der Waals surface area contributed by atoms with Crippen molar-refractivity contribution < 1.29 is 9.18 Å². The van der Waals surface area contributed by atoms with Crippen LogP contribution in [0.3, 0.4) is 0 Å². The lowest BCUT2D eigenvalue weighted by Crippen LogP contribution is -2.02. The van der Waals surface area contributed by atoms with E-state index in [1.54, 1.807) is 18.2 Å². The molecule has 2 aromatic rings. The monoisotopic (exact) mass is 293 g/mol. The Hall–Kier alpha value is -1.55. The van der Waals surface area contributed by atoms with Crippen LogP contribution < -0.4 is 0 Å². The molecular formula is C13H9BrFNO. The highest BCUT2D eigenvalue weighted by molar-refractivity contribution is 9.10. The average Bonchev–Trinajstić information content (AvgIpc) is 2.28. The minimum atomic E-state index is -0.442. The Morgan fingerprint density at radius 2 is 2.00 bits per heavy atom. The lowest BCUT2D eigenvalue weighted by Gasteiger charge is -2.02. The summed E-state index contributed by atoms with van der Waals surface area (Å²) in [5.74, 6) is -0.680. The standard InChI is InChI=1S/C13H9BrFNO/c1-8-2-3-9(7-16-8)13(17)10-4-11(14)6-12(15)5-10/h2-7H,1H3. The van der Waals surface area contributed by atoms with Gasteiger partial charge < -0.3 is 0 Å². The van der Waals surface area contributed by atoms with E-state index in [1.807, 2.05) is 6.92 Å². The Morgan fingerprint density at radius 3 is 2.59 bits per heavy atom. The van der Waals surface area contributed by atoms with Crippen LogP contribution in [0.2, 0.25) is 0 Å². The van der Waals surface area contributed by atoms with Gasteiger partial charge >= 0.3 is 0 Å². The summed E-state index contributed by atoms with van der Waals surface area (Å²) >= 11 is 3.16. The summed E-state index contributed by atoms with van der Waals surface area (Å²) in [6.45, 7) is 1.84. The van der Waals surface area contributed by atoms with Gasteiger partial charge in [0, 0.05) is 27.5 Å². The maximum atomic E-state index is 13.2. The van der Waals surface area contributed by atoms with E-state index in [0.717, 1.165) is 5.69 Å². The summed E-state index contributed by atoms with van der Waals surface area (Å²) in [7, 11) is 0. The van der Waals surface area contributed by atoms with Crippen LogP contribution in [-0.4, -0.2) is 10.8 Å². The lowest BCUT2D eigenvalue weighted by molar-refractivity contribution is 0.103. The van der Waals surface area contributed by atoms with Gasteiger partial charge in [0.1, 0.15) is 5.82 Å². The van der Waals surface area contributed by atoms with Crippen molar-refractivity contribution in [1.29, 1.82) is 0 Å². The maximum absolute atomic E-state index is 13.2. The second-order valence-corrected chi connectivity index (χ2v) is 4.59. The van der Waals surface area contributed by atoms with Gasteiger partial charge in [0.05, 0.1) is 0 Å². The molecule has 0 fully saturated rings. The zero-order chi connectivity index (χ0) is 12.4. The van der Waals surface area contributed by atoms with Gasteiger partial charge in [-0.15, -0.1) is 0 Å². The Bertz CT molecular complexity index is 546. The van der Waals surface area contributed by atoms with Crippen molar-refractivity contribution in [1.82, 2.24) is 4.98 Å². The molecule has 0 unspecified atom stereocenters. The number of nitrogens with zero attached hydrogens (tertiary/aromatic N) is 1. The lowest BCUT2D eigenvalue weighted by atomic mass is 10.0. The highest BCUT2D eigenvalue weighted by atomic mass is 79.9. The van der Waals surface area contributed by atoms with E-state index in [-0.39, 0.29) is 5.78 Å². The molecule has 2 nitrogen and oxygen atoms in total. The van der Waals surface area contributed by atoms with E-state index in [1.165, 1.54) is 18.3 Å². The normalized spacial score (nSPS) is 10.3. The second-order valence-electron chi connectivity index (χ2n) is 3.68. The fourth-order valence-corrected chi connectivity index (χ4v) is 1.92. The Labute approximate surface area is 107 Å². The topological polar surface area (TPSA) is 30.0 Å². The summed E-state index contributed by atoms with van der Waals surface area (Å²) in [6, 6.07) is 7.55. The smallest absolute Gasteiger partial charge is 0.194 e. The van der Waals surface area contributed by atoms with E-state index in [2.05, 4.69) is 20.9 Å². The van der Waals surface area contributed by atoms with Gasteiger partial charge in [-0.3, -0.25) is 9.78 Å². The molecule has 0 aliphatic carbocycles. The van der Waals surface area contributed by atoms with Crippen molar-refractivity contribution in [2.75, 3.05) is 0 Å². The molecule has 0 aliphatic rings. The van der Waals surface area contributed by atoms with Crippen LogP contribution in [0.15, 0.2) is 41.0 Å². The van der Waals surface area contributed by atoms with Crippen molar-refractivity contribution in [3.63, 3.8) is 0 Å². The number of benzene rings is 1. The highest BCUT2D eigenvalue weighted by Gasteiger charge is 2.11. The third-order valence-electron chi connectivity index (χ3n) is 2.30. The molecule has 1 heterocycles. The molecule has 0 bridgehead atoms. The quantitative estimate of drug-likeness (QED) is 0.793. The number of aryl methyl sites for hydroxylation is 1. The fraction of sp³-hybridized carbons (Fsp3) is 0.0769. The molecule has 0 atom stereocenters. The highest BCUT2D eigenvalue weighted by Crippen LogP contribution is 2.17. The van der Waals surface area contributed by atoms with Crippen molar-refractivity contribution in [3.8, 4) is 0 Å². The van der Waals surface area contributed by atoms with Crippen molar-refractivity contribution in [2.45, 2.75) is 6.92 Å². The Balaban J connectivity index is 2.40. The first-order valence-corrected chi connectivity index (χ1v) is 5.79. The molecule has 0 N–H and O–H groups in total. The van der Waals surface area contributed by atoms with Crippen LogP contribution in [-0.2, 0) is 0 Å². The molecule has 2 rings (SSSR count). The molecule has 1 aromatic carbocycles. The molecule has 1 aromatic heterocycles. The van der Waals surface area contributed by atoms with E-state index < -0.39 is 5.82 Å². The van der Waals surface area contributed by atoms with Crippen LogP contribution in [0.25, 0.3) is 0 Å². The minimum absolute atomic E-state index is 0.238. The molecule has 0 spiro atoms. The van der Waals surface area contributed by atoms with E-state index in [4.69, 9.17) is 0 Å². The second kappa shape index (κ2) is 4.75. The molecule has 0 radical (unpaired) electrons. The SMILES string of the molecule is Cc1ccc(C(=O)c2cc(F)cc(Br)c2)cn1. The molecule has 0 saturated carbocycles. The number of halogens is 2. The minimum Gasteiger partial charge on any atom is -0.289 e. The first-order valence-electron chi connectivity index (χ1n) is 5.00. The van der Waals surface area contributed by atoms with Gasteiger partial charge in [-0.25, -0.2) is 4.39 Å². The zero-order valence-corrected chi connectivity index (χ0v) is 10.7. The van der Waals surface area contributed by atoms with Gasteiger partial charge in [-0.1, -0.05) is 15.9 Å². The largest absolute Gasteiger partial charge is 0.289 e. The van der Waals surface area contributed by atoms with E-state index in [9.17, 15) is 9.18 Å². The van der Waals surface area contributed by atoms with Crippen molar-refractivity contribution >= 4 is 21.7 Å². The van der Waals surface area contributed by atoms with Gasteiger partial charge in [-0.2, -0.15) is 0 Å². The maximum Gasteiger partial charge on any atom is 0.194 e. The van der Waals surface area contributed by atoms with Crippen molar-refractivity contribution in [2.24, 2.45) is 0 Å². The van der Waals surface area contributed by atoms with Gasteiger partial charge in [-0.05, 0) is 37.3 Å². The van der Waals surface area contributed by atoms with Crippen LogP contribution >= 0.6 is 15.9 Å². The fourth-order valence-electron chi connectivity index (χ4n) is 1.45. The summed E-state index contributed by atoms with van der Waals surface area (Å²) in [6.07, 6.45) is 1.50. The number of ketones is 1. The van der Waals surface area contributed by atoms with Crippen LogP contribution in [0.5, 0.6) is 0 Å². The number of pyridine rings is 1. The van der Waals surface area contributed by atoms with E-state index in [0.29, 0.717) is 15.6 Å². The Morgan fingerprint density at radius 1 is 1.24 bits per heavy atom. The van der Waals surface area contributed by atoms with Crippen molar-refractivity contribution in [3.05, 3.63) is 63.6 Å². The third-order valence-corrected chi connectivity index (χ3v) is 2.76. The predicted octanol–water partition coefficient (Wildman–Crippen LogP) is 3.52. The molecule has 4 heteroatoms. The van der Waals surface area contributed by atoms with Crippen LogP contribution in [0.1, 0.15) is 21.6 Å². The third kappa shape index (κ3) is 2.77. The molecule has 86 valence electrons. The Kier molecular flexibility index (Phi) is 3.33. The first kappa shape index (κ1) is 11.9. The summed E-state index contributed by atoms with van der Waals surface area (Å²) < 4.78 is 13.7. The number of carbonyl (C=O) groups is 1. The number of hydrogen-bond acceptors (Lipinski definition) is 2. The van der Waals surface area contributed by atoms with Gasteiger partial charge in [0.2, 0.25) is 0 Å². The van der Waals surface area contributed by atoms with E-state index >= 15 is 0 Å². The number of carbonyl (C=O) groups excluding carboxylic acids is 1. The molecule has 0 aliphatic heterocycles. The molecule has 0 amide bonds. The molecule has 17 heavy (non-hydrogen) atoms. The summed E-state index contributed by atoms with van der Waals surface area (Å²) in [5.41, 5.74) is 1.60. The van der Waals surface area contributed by atoms with Crippen LogP contribution in [0.4, 0.5) is 4.39 Å². The first-order chi connectivity index (χ1) is 8.06. The summed E-state index contributed by atoms with van der Waals surface area (Å²) in [5, 5.41) is 0. The van der Waals surface area contributed by atoms with Gasteiger partial charge in [0.15, 0.2) is 5.78 Å². The van der Waals surface area contributed by atoms with Crippen LogP contribution in [0, 0.1) is 12.7 Å². The molecule has 0 saturated heterocycles. The van der Waals surface area contributed by atoms with Gasteiger partial charge in [0.25, 0.3) is 0 Å². The summed E-state index contributed by atoms with van der Waals surface area (Å²) in [4.78, 5) is 16.1. The predicted molar refractivity (Wildman–Crippen MR) is 66.5 cm³/mol. The zero-order valence-electron chi connectivity index (χ0n) is 9.08. The number of aromatic nitrogens is 1. The average molecular weight is 294 g/mol. The molecular weight excluding hydrogens is 285 g/mol.